The first kappa shape index (κ1) is 11.3. The summed E-state index contributed by atoms with van der Waals surface area (Å²) in [6.07, 6.45) is 4.03. The highest BCUT2D eigenvalue weighted by Gasteiger charge is 2.45. The Hall–Kier alpha value is -1.85. The van der Waals surface area contributed by atoms with Crippen molar-refractivity contribution in [2.24, 2.45) is 18.9 Å². The Bertz CT molecular complexity index is 500. The Morgan fingerprint density at radius 2 is 1.94 bits per heavy atom. The number of anilines is 1. The van der Waals surface area contributed by atoms with Gasteiger partial charge in [-0.2, -0.15) is 5.10 Å². The topological polar surface area (TPSA) is 81.2 Å². The molecule has 1 aromatic heterocycles. The molecule has 96 valence electrons. The van der Waals surface area contributed by atoms with E-state index >= 15 is 0 Å². The van der Waals surface area contributed by atoms with Crippen LogP contribution >= 0.6 is 0 Å². The maximum Gasteiger partial charge on any atom is 0.232 e. The number of likely N-dealkylation sites (tertiary alicyclic amines) is 1. The Balaban J connectivity index is 1.86. The number of piperidine rings is 1. The fraction of sp³-hybridized carbons (Fsp3) is 0.583. The molecule has 1 saturated heterocycles. The molecule has 2 fully saturated rings. The van der Waals surface area contributed by atoms with Gasteiger partial charge in [-0.3, -0.25) is 19.2 Å². The van der Waals surface area contributed by atoms with Crippen LogP contribution in [0.3, 0.4) is 0 Å². The van der Waals surface area contributed by atoms with Gasteiger partial charge in [0.2, 0.25) is 11.8 Å². The number of aromatic nitrogens is 2. The molecule has 2 unspecified atom stereocenters. The number of aryl methyl sites for hydroxylation is 1. The molecular formula is C12H16N4O2. The van der Waals surface area contributed by atoms with E-state index in [1.54, 1.807) is 17.9 Å². The Morgan fingerprint density at radius 1 is 1.33 bits per heavy atom. The van der Waals surface area contributed by atoms with Crippen molar-refractivity contribution in [1.29, 1.82) is 0 Å². The van der Waals surface area contributed by atoms with Gasteiger partial charge in [-0.25, -0.2) is 0 Å². The molecule has 2 bridgehead atoms. The second-order valence-corrected chi connectivity index (χ2v) is 5.15. The van der Waals surface area contributed by atoms with Crippen molar-refractivity contribution >= 4 is 17.6 Å². The van der Waals surface area contributed by atoms with Gasteiger partial charge in [-0.05, 0) is 19.3 Å². The molecule has 2 heterocycles. The summed E-state index contributed by atoms with van der Waals surface area (Å²) in [5, 5.41) is 4.03. The van der Waals surface area contributed by atoms with Crippen LogP contribution in [0.15, 0.2) is 6.20 Å². The maximum absolute atomic E-state index is 12.2. The minimum atomic E-state index is -0.0444. The van der Waals surface area contributed by atoms with E-state index in [1.165, 1.54) is 4.90 Å². The molecule has 2 amide bonds. The molecule has 1 aliphatic heterocycles. The quantitative estimate of drug-likeness (QED) is 0.763. The maximum atomic E-state index is 12.2. The van der Waals surface area contributed by atoms with Crippen LogP contribution in [-0.2, 0) is 23.2 Å². The lowest BCUT2D eigenvalue weighted by Crippen LogP contribution is -2.45. The van der Waals surface area contributed by atoms with Crippen molar-refractivity contribution in [1.82, 2.24) is 14.7 Å². The minimum absolute atomic E-state index is 0.0330. The van der Waals surface area contributed by atoms with Gasteiger partial charge in [0, 0.05) is 24.4 Å². The first-order valence-electron chi connectivity index (χ1n) is 6.19. The summed E-state index contributed by atoms with van der Waals surface area (Å²) in [5.74, 6) is 0.485. The van der Waals surface area contributed by atoms with Crippen molar-refractivity contribution in [3.63, 3.8) is 0 Å². The number of hydrogen-bond donors (Lipinski definition) is 1. The van der Waals surface area contributed by atoms with Crippen LogP contribution in [-0.4, -0.2) is 26.5 Å². The molecule has 1 aliphatic carbocycles. The first-order valence-corrected chi connectivity index (χ1v) is 6.19. The number of hydrogen-bond acceptors (Lipinski definition) is 4. The monoisotopic (exact) mass is 248 g/mol. The van der Waals surface area contributed by atoms with Crippen LogP contribution in [0.4, 0.5) is 5.82 Å². The zero-order chi connectivity index (χ0) is 12.9. The Morgan fingerprint density at radius 3 is 2.44 bits per heavy atom. The summed E-state index contributed by atoms with van der Waals surface area (Å²) in [7, 11) is 1.74. The molecule has 2 aliphatic rings. The number of fused-ring (bicyclic) bond motifs is 2. The summed E-state index contributed by atoms with van der Waals surface area (Å²) in [6, 6.07) is 0. The van der Waals surface area contributed by atoms with E-state index in [2.05, 4.69) is 5.10 Å². The van der Waals surface area contributed by atoms with Crippen molar-refractivity contribution in [3.05, 3.63) is 11.8 Å². The summed E-state index contributed by atoms with van der Waals surface area (Å²) in [5.41, 5.74) is 6.58. The zero-order valence-electron chi connectivity index (χ0n) is 10.3. The van der Waals surface area contributed by atoms with Crippen molar-refractivity contribution in [2.45, 2.75) is 25.8 Å². The van der Waals surface area contributed by atoms with Gasteiger partial charge in [-0.15, -0.1) is 0 Å². The lowest BCUT2D eigenvalue weighted by atomic mass is 9.97. The van der Waals surface area contributed by atoms with E-state index in [0.29, 0.717) is 5.82 Å². The smallest absolute Gasteiger partial charge is 0.232 e. The third-order valence-electron chi connectivity index (χ3n) is 4.06. The van der Waals surface area contributed by atoms with E-state index in [0.717, 1.165) is 24.8 Å². The van der Waals surface area contributed by atoms with Gasteiger partial charge >= 0.3 is 0 Å². The first-order chi connectivity index (χ1) is 8.58. The van der Waals surface area contributed by atoms with Crippen LogP contribution in [0.1, 0.15) is 24.8 Å². The lowest BCUT2D eigenvalue weighted by molar-refractivity contribution is -0.153. The number of rotatable bonds is 2. The average Bonchev–Trinajstić information content (AvgIpc) is 2.92. The molecule has 0 radical (unpaired) electrons. The molecule has 2 N–H and O–H groups in total. The second-order valence-electron chi connectivity index (χ2n) is 5.15. The summed E-state index contributed by atoms with van der Waals surface area (Å²) < 4.78 is 1.54. The lowest BCUT2D eigenvalue weighted by Gasteiger charge is -2.29. The molecule has 6 heteroatoms. The van der Waals surface area contributed by atoms with E-state index < -0.39 is 0 Å². The zero-order valence-corrected chi connectivity index (χ0v) is 10.3. The van der Waals surface area contributed by atoms with Crippen LogP contribution in [0.5, 0.6) is 0 Å². The number of carbonyl (C=O) groups excluding carboxylic acids is 2. The SMILES string of the molecule is Cn1ncc(CN2C(=O)C3CCC(C3)C2=O)c1N. The number of imide groups is 1. The van der Waals surface area contributed by atoms with Crippen molar-refractivity contribution < 1.29 is 9.59 Å². The minimum Gasteiger partial charge on any atom is -0.384 e. The summed E-state index contributed by atoms with van der Waals surface area (Å²) in [6.45, 7) is 0.254. The van der Waals surface area contributed by atoms with E-state index in [-0.39, 0.29) is 30.2 Å². The van der Waals surface area contributed by atoms with Gasteiger partial charge in [0.15, 0.2) is 0 Å². The highest BCUT2D eigenvalue weighted by Crippen LogP contribution is 2.38. The molecule has 0 aromatic carbocycles. The van der Waals surface area contributed by atoms with Crippen molar-refractivity contribution in [3.8, 4) is 0 Å². The largest absolute Gasteiger partial charge is 0.384 e. The number of amides is 2. The van der Waals surface area contributed by atoms with Gasteiger partial charge in [0.1, 0.15) is 5.82 Å². The standard InChI is InChI=1S/C12H16N4O2/c1-15-10(13)9(5-14-15)6-16-11(17)7-2-3-8(4-7)12(16)18/h5,7-8H,2-4,6,13H2,1H3. The number of nitrogens with two attached hydrogens (primary N) is 1. The van der Waals surface area contributed by atoms with Gasteiger partial charge < -0.3 is 5.73 Å². The third kappa shape index (κ3) is 1.52. The van der Waals surface area contributed by atoms with Crippen molar-refractivity contribution in [2.75, 3.05) is 5.73 Å². The van der Waals surface area contributed by atoms with Crippen LogP contribution in [0.25, 0.3) is 0 Å². The summed E-state index contributed by atoms with van der Waals surface area (Å²) >= 11 is 0. The van der Waals surface area contributed by atoms with Crippen LogP contribution < -0.4 is 5.73 Å². The molecule has 1 saturated carbocycles. The van der Waals surface area contributed by atoms with E-state index in [1.807, 2.05) is 0 Å². The summed E-state index contributed by atoms with van der Waals surface area (Å²) in [4.78, 5) is 25.7. The molecule has 0 spiro atoms. The number of nitrogen functional groups attached to an aromatic ring is 1. The Labute approximate surface area is 105 Å². The highest BCUT2D eigenvalue weighted by atomic mass is 16.2. The third-order valence-corrected chi connectivity index (χ3v) is 4.06. The Kier molecular flexibility index (Phi) is 2.39. The molecule has 2 atom stereocenters. The predicted octanol–water partition coefficient (Wildman–Crippen LogP) is 0.287. The second kappa shape index (κ2) is 3.83. The normalized spacial score (nSPS) is 27.1. The molecule has 3 rings (SSSR count). The number of carbonyl (C=O) groups is 2. The van der Waals surface area contributed by atoms with Crippen LogP contribution in [0.2, 0.25) is 0 Å². The number of nitrogens with zero attached hydrogens (tertiary/aromatic N) is 3. The fourth-order valence-electron chi connectivity index (χ4n) is 2.92. The van der Waals surface area contributed by atoms with E-state index in [4.69, 9.17) is 5.73 Å². The van der Waals surface area contributed by atoms with Crippen LogP contribution in [0, 0.1) is 11.8 Å². The fourth-order valence-corrected chi connectivity index (χ4v) is 2.92. The van der Waals surface area contributed by atoms with Gasteiger partial charge in [-0.1, -0.05) is 0 Å². The molecule has 1 aromatic rings. The average molecular weight is 248 g/mol. The molecule has 6 nitrogen and oxygen atoms in total. The predicted molar refractivity (Wildman–Crippen MR) is 64.0 cm³/mol. The highest BCUT2D eigenvalue weighted by molar-refractivity contribution is 6.00. The van der Waals surface area contributed by atoms with E-state index in [9.17, 15) is 9.59 Å². The van der Waals surface area contributed by atoms with Gasteiger partial charge in [0.05, 0.1) is 12.7 Å². The molecular weight excluding hydrogens is 232 g/mol. The van der Waals surface area contributed by atoms with Gasteiger partial charge in [0.25, 0.3) is 0 Å². The molecule has 18 heavy (non-hydrogen) atoms.